The molecule has 2 rings (SSSR count). The Hall–Kier alpha value is -2.08. The van der Waals surface area contributed by atoms with Gasteiger partial charge in [0.2, 0.25) is 5.95 Å². The number of aromatic amines is 1. The monoisotopic (exact) mass is 289 g/mol. The largest absolute Gasteiger partial charge is 0.399 e. The highest BCUT2D eigenvalue weighted by atomic mass is 16.1. The number of anilines is 2. The zero-order valence-electron chi connectivity index (χ0n) is 12.6. The van der Waals surface area contributed by atoms with E-state index >= 15 is 0 Å². The molecular weight excluding hydrogens is 266 g/mol. The Morgan fingerprint density at radius 1 is 1.33 bits per heavy atom. The van der Waals surface area contributed by atoms with E-state index in [2.05, 4.69) is 34.0 Å². The zero-order valence-corrected chi connectivity index (χ0v) is 12.6. The number of H-pyrrole nitrogens is 1. The lowest BCUT2D eigenvalue weighted by Crippen LogP contribution is -2.25. The summed E-state index contributed by atoms with van der Waals surface area (Å²) in [6.07, 6.45) is 1.01. The van der Waals surface area contributed by atoms with Crippen LogP contribution >= 0.6 is 0 Å². The minimum Gasteiger partial charge on any atom is -0.399 e. The van der Waals surface area contributed by atoms with Crippen molar-refractivity contribution in [3.63, 3.8) is 0 Å². The Labute approximate surface area is 124 Å². The Morgan fingerprint density at radius 2 is 2.10 bits per heavy atom. The second-order valence-corrected chi connectivity index (χ2v) is 5.00. The Kier molecular flexibility index (Phi) is 5.16. The molecule has 21 heavy (non-hydrogen) atoms. The number of hydrogen-bond acceptors (Lipinski definition) is 5. The first-order valence-electron chi connectivity index (χ1n) is 7.39. The predicted molar refractivity (Wildman–Crippen MR) is 87.7 cm³/mol. The molecule has 114 valence electrons. The number of aromatic nitrogens is 2. The van der Waals surface area contributed by atoms with E-state index in [-0.39, 0.29) is 5.56 Å². The lowest BCUT2D eigenvalue weighted by Gasteiger charge is -2.17. The van der Waals surface area contributed by atoms with E-state index in [4.69, 9.17) is 5.73 Å². The molecule has 0 aliphatic rings. The summed E-state index contributed by atoms with van der Waals surface area (Å²) in [5.74, 6) is 0.511. The van der Waals surface area contributed by atoms with Gasteiger partial charge in [-0.3, -0.25) is 9.78 Å². The van der Waals surface area contributed by atoms with E-state index < -0.39 is 0 Å². The molecule has 0 radical (unpaired) electrons. The van der Waals surface area contributed by atoms with E-state index in [1.54, 1.807) is 18.2 Å². The Balaban J connectivity index is 2.00. The summed E-state index contributed by atoms with van der Waals surface area (Å²) in [6.45, 7) is 8.25. The van der Waals surface area contributed by atoms with Crippen LogP contribution in [0.15, 0.2) is 23.0 Å². The second kappa shape index (κ2) is 7.08. The first-order chi connectivity index (χ1) is 10.1. The third-order valence-electron chi connectivity index (χ3n) is 3.57. The van der Waals surface area contributed by atoms with E-state index in [9.17, 15) is 4.79 Å². The van der Waals surface area contributed by atoms with Crippen LogP contribution in [0, 0.1) is 0 Å². The van der Waals surface area contributed by atoms with E-state index in [0.29, 0.717) is 22.5 Å². The van der Waals surface area contributed by atoms with Crippen LogP contribution in [0.4, 0.5) is 11.6 Å². The third-order valence-corrected chi connectivity index (χ3v) is 3.57. The minimum atomic E-state index is -0.168. The first-order valence-corrected chi connectivity index (χ1v) is 7.39. The molecule has 0 atom stereocenters. The summed E-state index contributed by atoms with van der Waals surface area (Å²) in [6, 6.07) is 5.16. The first kappa shape index (κ1) is 15.3. The standard InChI is InChI=1S/C15H23N5O/c1-3-20(4-2)9-5-8-17-15-18-13-7-6-11(16)10-12(13)14(21)19-15/h6-7,10H,3-5,8-9,16H2,1-2H3,(H2,17,18,19,21). The highest BCUT2D eigenvalue weighted by molar-refractivity contribution is 5.81. The fraction of sp³-hybridized carbons (Fsp3) is 0.467. The van der Waals surface area contributed by atoms with Crippen LogP contribution in [0.1, 0.15) is 20.3 Å². The minimum absolute atomic E-state index is 0.168. The number of nitrogens with zero attached hydrogens (tertiary/aromatic N) is 2. The van der Waals surface area contributed by atoms with Gasteiger partial charge in [-0.25, -0.2) is 4.98 Å². The maximum atomic E-state index is 12.0. The summed E-state index contributed by atoms with van der Waals surface area (Å²) < 4.78 is 0. The highest BCUT2D eigenvalue weighted by Crippen LogP contribution is 2.12. The highest BCUT2D eigenvalue weighted by Gasteiger charge is 2.04. The van der Waals surface area contributed by atoms with Crippen molar-refractivity contribution in [3.05, 3.63) is 28.6 Å². The van der Waals surface area contributed by atoms with Crippen molar-refractivity contribution in [1.29, 1.82) is 0 Å². The fourth-order valence-corrected chi connectivity index (χ4v) is 2.29. The van der Waals surface area contributed by atoms with Crippen LogP contribution in [0.3, 0.4) is 0 Å². The van der Waals surface area contributed by atoms with Crippen LogP contribution in [0.25, 0.3) is 10.9 Å². The molecular formula is C15H23N5O. The van der Waals surface area contributed by atoms with Gasteiger partial charge in [0.25, 0.3) is 5.56 Å². The molecule has 1 aromatic heterocycles. The lowest BCUT2D eigenvalue weighted by atomic mass is 10.2. The quantitative estimate of drug-likeness (QED) is 0.533. The molecule has 6 nitrogen and oxygen atoms in total. The number of rotatable bonds is 7. The van der Waals surface area contributed by atoms with Gasteiger partial charge in [0, 0.05) is 12.2 Å². The Bertz CT molecular complexity index is 648. The van der Waals surface area contributed by atoms with E-state index in [1.807, 2.05) is 0 Å². The van der Waals surface area contributed by atoms with Crippen molar-refractivity contribution in [1.82, 2.24) is 14.9 Å². The van der Waals surface area contributed by atoms with Crippen LogP contribution in [-0.2, 0) is 0 Å². The number of hydrogen-bond donors (Lipinski definition) is 3. The third kappa shape index (κ3) is 3.95. The van der Waals surface area contributed by atoms with Gasteiger partial charge >= 0.3 is 0 Å². The van der Waals surface area contributed by atoms with Crippen molar-refractivity contribution in [3.8, 4) is 0 Å². The molecule has 0 bridgehead atoms. The van der Waals surface area contributed by atoms with Crippen LogP contribution < -0.4 is 16.6 Å². The van der Waals surface area contributed by atoms with Crippen LogP contribution in [-0.4, -0.2) is 41.0 Å². The van der Waals surface area contributed by atoms with Gasteiger partial charge in [-0.2, -0.15) is 0 Å². The summed E-state index contributed by atoms with van der Waals surface area (Å²) in [7, 11) is 0. The van der Waals surface area contributed by atoms with Crippen molar-refractivity contribution >= 4 is 22.5 Å². The summed E-state index contributed by atoms with van der Waals surface area (Å²) in [5, 5.41) is 3.69. The van der Waals surface area contributed by atoms with E-state index in [1.165, 1.54) is 0 Å². The fourth-order valence-electron chi connectivity index (χ4n) is 2.29. The van der Waals surface area contributed by atoms with Crippen molar-refractivity contribution in [2.75, 3.05) is 37.2 Å². The van der Waals surface area contributed by atoms with Crippen LogP contribution in [0.2, 0.25) is 0 Å². The van der Waals surface area contributed by atoms with Crippen molar-refractivity contribution in [2.45, 2.75) is 20.3 Å². The molecule has 1 heterocycles. The average Bonchev–Trinajstić information content (AvgIpc) is 2.48. The summed E-state index contributed by atoms with van der Waals surface area (Å²) >= 11 is 0. The second-order valence-electron chi connectivity index (χ2n) is 5.00. The molecule has 0 aliphatic heterocycles. The molecule has 4 N–H and O–H groups in total. The molecule has 0 saturated heterocycles. The van der Waals surface area contributed by atoms with Crippen molar-refractivity contribution in [2.24, 2.45) is 0 Å². The molecule has 1 aromatic carbocycles. The van der Waals surface area contributed by atoms with Gasteiger partial charge < -0.3 is 16.0 Å². The molecule has 0 fully saturated rings. The van der Waals surface area contributed by atoms with Gasteiger partial charge in [-0.05, 0) is 44.3 Å². The normalized spacial score (nSPS) is 11.2. The van der Waals surface area contributed by atoms with E-state index in [0.717, 1.165) is 32.6 Å². The van der Waals surface area contributed by atoms with Gasteiger partial charge in [0.1, 0.15) is 0 Å². The molecule has 0 amide bonds. The maximum absolute atomic E-state index is 12.0. The molecule has 0 unspecified atom stereocenters. The SMILES string of the molecule is CCN(CC)CCCNc1nc2ccc(N)cc2c(=O)[nH]1. The molecule has 6 heteroatoms. The summed E-state index contributed by atoms with van der Waals surface area (Å²) in [5.41, 5.74) is 6.73. The zero-order chi connectivity index (χ0) is 15.2. The van der Waals surface area contributed by atoms with Crippen molar-refractivity contribution < 1.29 is 0 Å². The lowest BCUT2D eigenvalue weighted by molar-refractivity contribution is 0.303. The number of nitrogens with two attached hydrogens (primary N) is 1. The maximum Gasteiger partial charge on any atom is 0.260 e. The smallest absolute Gasteiger partial charge is 0.260 e. The number of fused-ring (bicyclic) bond motifs is 1. The van der Waals surface area contributed by atoms with Gasteiger partial charge in [0.05, 0.1) is 10.9 Å². The molecule has 0 spiro atoms. The number of benzene rings is 1. The number of nitrogens with one attached hydrogen (secondary N) is 2. The Morgan fingerprint density at radius 3 is 2.81 bits per heavy atom. The van der Waals surface area contributed by atoms with Gasteiger partial charge in [0.15, 0.2) is 0 Å². The number of nitrogen functional groups attached to an aromatic ring is 1. The predicted octanol–water partition coefficient (Wildman–Crippen LogP) is 1.65. The molecule has 2 aromatic rings. The molecule has 0 saturated carbocycles. The molecule has 0 aliphatic carbocycles. The van der Waals surface area contributed by atoms with Gasteiger partial charge in [-0.1, -0.05) is 13.8 Å². The van der Waals surface area contributed by atoms with Crippen LogP contribution in [0.5, 0.6) is 0 Å². The average molecular weight is 289 g/mol. The topological polar surface area (TPSA) is 87.0 Å². The summed E-state index contributed by atoms with van der Waals surface area (Å²) in [4.78, 5) is 21.5. The van der Waals surface area contributed by atoms with Gasteiger partial charge in [-0.15, -0.1) is 0 Å².